The highest BCUT2D eigenvalue weighted by Crippen LogP contribution is 2.16. The van der Waals surface area contributed by atoms with Gasteiger partial charge in [-0.3, -0.25) is 0 Å². The number of carboxylic acids is 1. The van der Waals surface area contributed by atoms with E-state index < -0.39 is 11.9 Å². The number of carbonyl (C=O) groups excluding carboxylic acids is 1. The van der Waals surface area contributed by atoms with Gasteiger partial charge in [-0.2, -0.15) is 11.3 Å². The Morgan fingerprint density at radius 3 is 2.87 bits per heavy atom. The Balaban J connectivity index is 2.76. The lowest BCUT2D eigenvalue weighted by molar-refractivity contribution is -0.137. The lowest BCUT2D eigenvalue weighted by Crippen LogP contribution is -1.99. The number of esters is 1. The lowest BCUT2D eigenvalue weighted by atomic mass is 10.2. The first kappa shape index (κ1) is 11.5. The molecule has 1 rings (SSSR count). The van der Waals surface area contributed by atoms with E-state index in [0.29, 0.717) is 12.2 Å². The summed E-state index contributed by atoms with van der Waals surface area (Å²) in [6.07, 6.45) is 2.66. The monoisotopic (exact) mass is 226 g/mol. The Hall–Kier alpha value is -1.62. The SMILES string of the molecule is CCOC(=O)C=Cc1cscc1C(=O)O. The van der Waals surface area contributed by atoms with Crippen LogP contribution < -0.4 is 0 Å². The van der Waals surface area contributed by atoms with Gasteiger partial charge in [0.2, 0.25) is 0 Å². The first-order valence-electron chi connectivity index (χ1n) is 4.29. The number of carbonyl (C=O) groups is 2. The van der Waals surface area contributed by atoms with Crippen molar-refractivity contribution in [2.75, 3.05) is 6.61 Å². The van der Waals surface area contributed by atoms with Crippen molar-refractivity contribution >= 4 is 29.4 Å². The third-order valence-corrected chi connectivity index (χ3v) is 2.37. The average Bonchev–Trinajstić information content (AvgIpc) is 2.63. The van der Waals surface area contributed by atoms with E-state index in [1.165, 1.54) is 28.9 Å². The van der Waals surface area contributed by atoms with Crippen molar-refractivity contribution in [1.82, 2.24) is 0 Å². The van der Waals surface area contributed by atoms with Gasteiger partial charge < -0.3 is 9.84 Å². The second kappa shape index (κ2) is 5.31. The number of ether oxygens (including phenoxy) is 1. The zero-order valence-electron chi connectivity index (χ0n) is 8.10. The Morgan fingerprint density at radius 1 is 1.53 bits per heavy atom. The van der Waals surface area contributed by atoms with Crippen molar-refractivity contribution in [3.05, 3.63) is 28.0 Å². The van der Waals surface area contributed by atoms with Crippen molar-refractivity contribution in [3.63, 3.8) is 0 Å². The molecule has 15 heavy (non-hydrogen) atoms. The quantitative estimate of drug-likeness (QED) is 0.630. The number of hydrogen-bond acceptors (Lipinski definition) is 4. The molecule has 0 unspecified atom stereocenters. The first-order valence-corrected chi connectivity index (χ1v) is 5.23. The second-order valence-electron chi connectivity index (χ2n) is 2.63. The molecule has 0 aliphatic heterocycles. The summed E-state index contributed by atoms with van der Waals surface area (Å²) < 4.78 is 4.67. The van der Waals surface area contributed by atoms with E-state index in [1.54, 1.807) is 12.3 Å². The van der Waals surface area contributed by atoms with Gasteiger partial charge in [0.1, 0.15) is 0 Å². The van der Waals surface area contributed by atoms with Gasteiger partial charge in [0.15, 0.2) is 0 Å². The predicted octanol–water partition coefficient (Wildman–Crippen LogP) is 2.02. The number of thiophene rings is 1. The zero-order valence-corrected chi connectivity index (χ0v) is 8.91. The van der Waals surface area contributed by atoms with Gasteiger partial charge in [-0.15, -0.1) is 0 Å². The van der Waals surface area contributed by atoms with Crippen LogP contribution in [0.2, 0.25) is 0 Å². The third-order valence-electron chi connectivity index (χ3n) is 1.61. The Kier molecular flexibility index (Phi) is 4.05. The molecular formula is C10H10O4S. The molecule has 0 saturated carbocycles. The van der Waals surface area contributed by atoms with Crippen LogP contribution in [-0.4, -0.2) is 23.7 Å². The average molecular weight is 226 g/mol. The van der Waals surface area contributed by atoms with Crippen LogP contribution in [0.5, 0.6) is 0 Å². The molecule has 0 fully saturated rings. The molecule has 0 amide bonds. The normalized spacial score (nSPS) is 10.5. The highest BCUT2D eigenvalue weighted by molar-refractivity contribution is 7.08. The van der Waals surface area contributed by atoms with Gasteiger partial charge in [-0.05, 0) is 23.9 Å². The minimum absolute atomic E-state index is 0.195. The van der Waals surface area contributed by atoms with E-state index >= 15 is 0 Å². The maximum Gasteiger partial charge on any atom is 0.337 e. The molecule has 1 N–H and O–H groups in total. The van der Waals surface area contributed by atoms with Crippen molar-refractivity contribution in [1.29, 1.82) is 0 Å². The van der Waals surface area contributed by atoms with Gasteiger partial charge in [0.25, 0.3) is 0 Å². The Labute approximate surface area is 90.8 Å². The molecule has 1 heterocycles. The van der Waals surface area contributed by atoms with Crippen LogP contribution in [0.3, 0.4) is 0 Å². The summed E-state index contributed by atoms with van der Waals surface area (Å²) in [5.74, 6) is -1.47. The standard InChI is InChI=1S/C10H10O4S/c1-2-14-9(11)4-3-7-5-15-6-8(7)10(12)13/h3-6H,2H2,1H3,(H,12,13). The maximum atomic E-state index is 11.0. The first-order chi connectivity index (χ1) is 7.15. The Morgan fingerprint density at radius 2 is 2.27 bits per heavy atom. The summed E-state index contributed by atoms with van der Waals surface area (Å²) >= 11 is 1.28. The Bertz CT molecular complexity index is 392. The molecule has 0 aliphatic rings. The van der Waals surface area contributed by atoms with Crippen molar-refractivity contribution < 1.29 is 19.4 Å². The predicted molar refractivity (Wildman–Crippen MR) is 56.9 cm³/mol. The maximum absolute atomic E-state index is 11.0. The minimum atomic E-state index is -1.00. The fourth-order valence-electron chi connectivity index (χ4n) is 0.958. The second-order valence-corrected chi connectivity index (χ2v) is 3.37. The molecule has 4 nitrogen and oxygen atoms in total. The fourth-order valence-corrected chi connectivity index (χ4v) is 1.75. The number of rotatable bonds is 4. The van der Waals surface area contributed by atoms with Crippen LogP contribution in [-0.2, 0) is 9.53 Å². The minimum Gasteiger partial charge on any atom is -0.478 e. The number of carboxylic acid groups (broad SMARTS) is 1. The lowest BCUT2D eigenvalue weighted by Gasteiger charge is -1.94. The molecule has 0 spiro atoms. The molecule has 0 saturated heterocycles. The number of hydrogen-bond donors (Lipinski definition) is 1. The highest BCUT2D eigenvalue weighted by atomic mass is 32.1. The summed E-state index contributed by atoms with van der Waals surface area (Å²) in [5.41, 5.74) is 0.709. The van der Waals surface area contributed by atoms with Gasteiger partial charge in [-0.1, -0.05) is 0 Å². The van der Waals surface area contributed by atoms with Crippen molar-refractivity contribution in [2.45, 2.75) is 6.92 Å². The fraction of sp³-hybridized carbons (Fsp3) is 0.200. The molecule has 0 bridgehead atoms. The topological polar surface area (TPSA) is 63.6 Å². The van der Waals surface area contributed by atoms with E-state index in [9.17, 15) is 9.59 Å². The van der Waals surface area contributed by atoms with E-state index in [2.05, 4.69) is 4.74 Å². The largest absolute Gasteiger partial charge is 0.478 e. The summed E-state index contributed by atoms with van der Waals surface area (Å²) in [5, 5.41) is 12.0. The smallest absolute Gasteiger partial charge is 0.337 e. The molecule has 0 radical (unpaired) electrons. The van der Waals surface area contributed by atoms with E-state index in [0.717, 1.165) is 0 Å². The summed E-state index contributed by atoms with van der Waals surface area (Å²) in [6, 6.07) is 0. The van der Waals surface area contributed by atoms with Gasteiger partial charge >= 0.3 is 11.9 Å². The summed E-state index contributed by atoms with van der Waals surface area (Å²) in [6.45, 7) is 2.01. The van der Waals surface area contributed by atoms with E-state index in [1.807, 2.05) is 0 Å². The van der Waals surface area contributed by atoms with Crippen LogP contribution >= 0.6 is 11.3 Å². The molecule has 0 atom stereocenters. The molecule has 1 aromatic heterocycles. The van der Waals surface area contributed by atoms with Crippen LogP contribution in [0.4, 0.5) is 0 Å². The zero-order chi connectivity index (χ0) is 11.3. The summed E-state index contributed by atoms with van der Waals surface area (Å²) in [4.78, 5) is 21.7. The van der Waals surface area contributed by atoms with Crippen LogP contribution in [0.1, 0.15) is 22.8 Å². The summed E-state index contributed by atoms with van der Waals surface area (Å²) in [7, 11) is 0. The molecule has 0 aliphatic carbocycles. The number of aromatic carboxylic acids is 1. The highest BCUT2D eigenvalue weighted by Gasteiger charge is 2.08. The van der Waals surface area contributed by atoms with E-state index in [-0.39, 0.29) is 5.56 Å². The molecule has 1 aromatic rings. The van der Waals surface area contributed by atoms with E-state index in [4.69, 9.17) is 5.11 Å². The van der Waals surface area contributed by atoms with Crippen LogP contribution in [0.15, 0.2) is 16.8 Å². The van der Waals surface area contributed by atoms with Crippen LogP contribution in [0.25, 0.3) is 6.08 Å². The molecular weight excluding hydrogens is 216 g/mol. The molecule has 80 valence electrons. The van der Waals surface area contributed by atoms with Crippen molar-refractivity contribution in [3.8, 4) is 0 Å². The third kappa shape index (κ3) is 3.21. The van der Waals surface area contributed by atoms with Gasteiger partial charge in [0, 0.05) is 11.5 Å². The molecule has 5 heteroatoms. The van der Waals surface area contributed by atoms with Crippen molar-refractivity contribution in [2.24, 2.45) is 0 Å². The van der Waals surface area contributed by atoms with Gasteiger partial charge in [0.05, 0.1) is 12.2 Å². The molecule has 0 aromatic carbocycles. The van der Waals surface area contributed by atoms with Gasteiger partial charge in [-0.25, -0.2) is 9.59 Å². The van der Waals surface area contributed by atoms with Crippen LogP contribution in [0, 0.1) is 0 Å².